The van der Waals surface area contributed by atoms with Crippen molar-refractivity contribution < 1.29 is 28.4 Å². The van der Waals surface area contributed by atoms with Gasteiger partial charge in [0.15, 0.2) is 8.32 Å². The smallest absolute Gasteiger partial charge is 0.414 e. The maximum Gasteiger partial charge on any atom is 0.414 e. The zero-order valence-electron chi connectivity index (χ0n) is 20.3. The van der Waals surface area contributed by atoms with E-state index < -0.39 is 43.8 Å². The number of anilines is 1. The van der Waals surface area contributed by atoms with E-state index in [1.165, 1.54) is 27.8 Å². The predicted octanol–water partition coefficient (Wildman–Crippen LogP) is 4.82. The lowest BCUT2D eigenvalue weighted by atomic mass is 9.98. The summed E-state index contributed by atoms with van der Waals surface area (Å²) < 4.78 is 28.3. The number of imidazole rings is 1. The third-order valence-corrected chi connectivity index (χ3v) is 11.7. The Morgan fingerprint density at radius 1 is 1.43 bits per heavy atom. The van der Waals surface area contributed by atoms with Gasteiger partial charge in [0.1, 0.15) is 18.1 Å². The molecule has 0 aliphatic carbocycles. The van der Waals surface area contributed by atoms with Crippen molar-refractivity contribution in [3.05, 3.63) is 50.6 Å². The van der Waals surface area contributed by atoms with E-state index in [9.17, 15) is 20.0 Å². The number of hydrogen-bond acceptors (Lipinski definition) is 7. The van der Waals surface area contributed by atoms with Crippen molar-refractivity contribution in [3.8, 4) is 0 Å². The average molecular weight is 573 g/mol. The number of aromatic nitrogens is 2. The van der Waals surface area contributed by atoms with Crippen LogP contribution in [0.1, 0.15) is 32.3 Å². The molecule has 2 aromatic rings. The molecule has 1 amide bonds. The summed E-state index contributed by atoms with van der Waals surface area (Å²) in [6, 6.07) is 4.31. The number of aliphatic hydroxyl groups excluding tert-OH is 1. The molecule has 10 nitrogen and oxygen atoms in total. The molecular weight excluding hydrogens is 543 g/mol. The van der Waals surface area contributed by atoms with E-state index in [-0.39, 0.29) is 40.8 Å². The number of aliphatic hydroxyl groups is 1. The van der Waals surface area contributed by atoms with E-state index >= 15 is 4.39 Å². The number of rotatable bonds is 9. The highest BCUT2D eigenvalue weighted by molar-refractivity contribution is 9.10. The van der Waals surface area contributed by atoms with Crippen LogP contribution in [-0.4, -0.2) is 59.9 Å². The van der Waals surface area contributed by atoms with Gasteiger partial charge in [0.2, 0.25) is 0 Å². The molecule has 1 fully saturated rings. The Bertz CT molecular complexity index is 1110. The van der Waals surface area contributed by atoms with E-state index in [0.29, 0.717) is 5.69 Å². The number of nitrogens with zero attached hydrogens (tertiary/aromatic N) is 4. The molecule has 192 valence electrons. The Kier molecular flexibility index (Phi) is 8.04. The van der Waals surface area contributed by atoms with Crippen LogP contribution in [0.4, 0.5) is 20.7 Å². The van der Waals surface area contributed by atoms with Crippen molar-refractivity contribution in [1.82, 2.24) is 9.55 Å². The number of cyclic esters (lactones) is 1. The minimum atomic E-state index is -2.01. The first kappa shape index (κ1) is 27.2. The number of ether oxygens (including phenoxy) is 1. The van der Waals surface area contributed by atoms with Crippen molar-refractivity contribution in [2.24, 2.45) is 0 Å². The highest BCUT2D eigenvalue weighted by Gasteiger charge is 2.40. The molecule has 13 heteroatoms. The number of nitro groups is 1. The van der Waals surface area contributed by atoms with Gasteiger partial charge in [-0.15, -0.1) is 0 Å². The topological polar surface area (TPSA) is 120 Å². The number of carbonyl (C=O) groups is 1. The van der Waals surface area contributed by atoms with Crippen molar-refractivity contribution in [2.45, 2.75) is 57.5 Å². The highest BCUT2D eigenvalue weighted by Crippen LogP contribution is 2.37. The first-order valence-electron chi connectivity index (χ1n) is 11.1. The monoisotopic (exact) mass is 572 g/mol. The number of carbonyl (C=O) groups excluding carboxylic acids is 1. The molecule has 1 N–H and O–H groups in total. The fraction of sp³-hybridized carbons (Fsp3) is 0.545. The van der Waals surface area contributed by atoms with Crippen molar-refractivity contribution in [3.63, 3.8) is 0 Å². The Balaban J connectivity index is 1.71. The summed E-state index contributed by atoms with van der Waals surface area (Å²) in [5, 5.41) is 20.8. The summed E-state index contributed by atoms with van der Waals surface area (Å²) in [7, 11) is -2.01. The number of hydrogen-bond donors (Lipinski definition) is 1. The van der Waals surface area contributed by atoms with Crippen molar-refractivity contribution >= 4 is 41.8 Å². The molecule has 1 saturated heterocycles. The van der Waals surface area contributed by atoms with Gasteiger partial charge in [-0.2, -0.15) is 0 Å². The van der Waals surface area contributed by atoms with E-state index in [0.717, 1.165) is 0 Å². The summed E-state index contributed by atoms with van der Waals surface area (Å²) in [6.45, 7) is 10.8. The second-order valence-electron chi connectivity index (χ2n) is 10.1. The van der Waals surface area contributed by atoms with Gasteiger partial charge in [-0.1, -0.05) is 26.8 Å². The lowest BCUT2D eigenvalue weighted by Crippen LogP contribution is -2.43. The van der Waals surface area contributed by atoms with Gasteiger partial charge in [0.05, 0.1) is 25.4 Å². The fourth-order valence-electron chi connectivity index (χ4n) is 3.44. The Morgan fingerprint density at radius 2 is 2.11 bits per heavy atom. The minimum Gasteiger partial charge on any atom is -0.442 e. The normalized spacial score (nSPS) is 17.5. The van der Waals surface area contributed by atoms with Crippen LogP contribution in [0.25, 0.3) is 0 Å². The number of halogens is 2. The van der Waals surface area contributed by atoms with E-state index in [4.69, 9.17) is 9.16 Å². The minimum absolute atomic E-state index is 0.0225. The van der Waals surface area contributed by atoms with Crippen LogP contribution >= 0.6 is 15.9 Å². The van der Waals surface area contributed by atoms with Gasteiger partial charge in [-0.05, 0) is 45.7 Å². The van der Waals surface area contributed by atoms with E-state index in [1.54, 1.807) is 6.07 Å². The van der Waals surface area contributed by atoms with Crippen molar-refractivity contribution in [1.29, 1.82) is 0 Å². The first-order valence-corrected chi connectivity index (χ1v) is 14.8. The Hall–Kier alpha value is -2.35. The molecule has 0 saturated carbocycles. The summed E-state index contributed by atoms with van der Waals surface area (Å²) in [4.78, 5) is 27.9. The average Bonchev–Trinajstić information content (AvgIpc) is 3.32. The highest BCUT2D eigenvalue weighted by atomic mass is 79.9. The Morgan fingerprint density at radius 3 is 2.66 bits per heavy atom. The predicted molar refractivity (Wildman–Crippen MR) is 134 cm³/mol. The summed E-state index contributed by atoms with van der Waals surface area (Å²) >= 11 is 3.14. The van der Waals surface area contributed by atoms with Crippen LogP contribution in [0, 0.1) is 15.9 Å². The lowest BCUT2D eigenvalue weighted by Gasteiger charge is -2.36. The lowest BCUT2D eigenvalue weighted by molar-refractivity contribution is -0.389. The zero-order chi connectivity index (χ0) is 26.1. The summed E-state index contributed by atoms with van der Waals surface area (Å²) in [6.07, 6.45) is 0.180. The SMILES string of the molecule is CC(C)(C)[Si](C)(C)OCC1CN(c2ccc(C(CO)Cn3cc([N+](=O)[O-])nc3Br)c(F)c2)C(=O)O1. The maximum atomic E-state index is 15.1. The molecule has 1 aromatic heterocycles. The van der Waals surface area contributed by atoms with Crippen molar-refractivity contribution in [2.75, 3.05) is 24.7 Å². The maximum absolute atomic E-state index is 15.1. The van der Waals surface area contributed by atoms with Gasteiger partial charge in [-0.25, -0.2) is 9.18 Å². The molecule has 1 aromatic carbocycles. The molecule has 35 heavy (non-hydrogen) atoms. The number of benzene rings is 1. The molecule has 0 spiro atoms. The third kappa shape index (κ3) is 6.08. The second-order valence-corrected chi connectivity index (χ2v) is 15.6. The quantitative estimate of drug-likeness (QED) is 0.260. The molecule has 2 heterocycles. The standard InChI is InChI=1S/C22H30BrFN4O6Si/c1-22(2,3)35(4,5)33-13-16-10-27(21(30)34-16)15-6-7-17(18(24)8-15)14(12-29)9-26-11-19(28(31)32)25-20(26)23/h6-8,11,14,16,29H,9-10,12-13H2,1-5H3. The van der Waals surface area contributed by atoms with E-state index in [2.05, 4.69) is 54.8 Å². The van der Waals surface area contributed by atoms with Crippen LogP contribution in [0.5, 0.6) is 0 Å². The van der Waals surface area contributed by atoms with Crippen LogP contribution in [-0.2, 0) is 15.7 Å². The van der Waals surface area contributed by atoms with Gasteiger partial charge in [0.25, 0.3) is 4.73 Å². The molecule has 1 aliphatic rings. The van der Waals surface area contributed by atoms with Crippen LogP contribution in [0.3, 0.4) is 0 Å². The second kappa shape index (κ2) is 10.3. The fourth-order valence-corrected chi connectivity index (χ4v) is 4.90. The molecule has 2 atom stereocenters. The molecule has 1 aliphatic heterocycles. The zero-order valence-corrected chi connectivity index (χ0v) is 22.9. The molecule has 0 radical (unpaired) electrons. The first-order chi connectivity index (χ1) is 16.2. The largest absolute Gasteiger partial charge is 0.442 e. The summed E-state index contributed by atoms with van der Waals surface area (Å²) in [5.41, 5.74) is 0.548. The van der Waals surface area contributed by atoms with Gasteiger partial charge < -0.3 is 24.4 Å². The van der Waals surface area contributed by atoms with Crippen LogP contribution in [0.15, 0.2) is 29.1 Å². The molecular formula is C22H30BrFN4O6Si. The molecule has 0 bridgehead atoms. The number of amides is 1. The van der Waals surface area contributed by atoms with E-state index in [1.807, 2.05) is 0 Å². The van der Waals surface area contributed by atoms with Crippen LogP contribution in [0.2, 0.25) is 18.1 Å². The third-order valence-electron chi connectivity index (χ3n) is 6.59. The Labute approximate surface area is 212 Å². The van der Waals surface area contributed by atoms with Gasteiger partial charge >= 0.3 is 11.9 Å². The molecule has 2 unspecified atom stereocenters. The molecule has 3 rings (SSSR count). The summed E-state index contributed by atoms with van der Waals surface area (Å²) in [5.74, 6) is -1.66. The van der Waals surface area contributed by atoms with Crippen LogP contribution < -0.4 is 4.90 Å². The van der Waals surface area contributed by atoms with Gasteiger partial charge in [0, 0.05) is 28.4 Å². The van der Waals surface area contributed by atoms with Gasteiger partial charge in [-0.3, -0.25) is 9.47 Å².